The number of carbonyl (C=O) groups excluding carboxylic acids is 1. The lowest BCUT2D eigenvalue weighted by Crippen LogP contribution is -2.37. The molecule has 3 aromatic rings. The first kappa shape index (κ1) is 19.8. The third-order valence-corrected chi connectivity index (χ3v) is 6.48. The molecule has 1 fully saturated rings. The number of amides is 1. The molecule has 1 aliphatic carbocycles. The summed E-state index contributed by atoms with van der Waals surface area (Å²) in [6.07, 6.45) is 8.31. The number of nitrogens with one attached hydrogen (secondary N) is 1. The smallest absolute Gasteiger partial charge is 0.220 e. The molecule has 29 heavy (non-hydrogen) atoms. The van der Waals surface area contributed by atoms with Gasteiger partial charge in [-0.05, 0) is 67.7 Å². The van der Waals surface area contributed by atoms with E-state index in [1.807, 2.05) is 0 Å². The van der Waals surface area contributed by atoms with E-state index in [0.717, 1.165) is 31.7 Å². The second kappa shape index (κ2) is 8.86. The Morgan fingerprint density at radius 2 is 1.72 bits per heavy atom. The fourth-order valence-corrected chi connectivity index (χ4v) is 4.58. The van der Waals surface area contributed by atoms with Gasteiger partial charge in [0.2, 0.25) is 5.91 Å². The summed E-state index contributed by atoms with van der Waals surface area (Å²) >= 11 is 0. The number of benzene rings is 2. The van der Waals surface area contributed by atoms with E-state index in [1.165, 1.54) is 40.4 Å². The van der Waals surface area contributed by atoms with Crippen LogP contribution in [0.25, 0.3) is 10.9 Å². The summed E-state index contributed by atoms with van der Waals surface area (Å²) < 4.78 is 2.33. The molecule has 0 bridgehead atoms. The van der Waals surface area contributed by atoms with E-state index >= 15 is 0 Å². The van der Waals surface area contributed by atoms with E-state index in [1.54, 1.807) is 0 Å². The third-order valence-electron chi connectivity index (χ3n) is 6.48. The lowest BCUT2D eigenvalue weighted by molar-refractivity contribution is -0.122. The Labute approximate surface area is 174 Å². The number of aryl methyl sites for hydroxylation is 2. The first-order chi connectivity index (χ1) is 14.1. The molecule has 0 saturated heterocycles. The van der Waals surface area contributed by atoms with Crippen LogP contribution >= 0.6 is 0 Å². The van der Waals surface area contributed by atoms with Crippen LogP contribution in [0.1, 0.15) is 55.7 Å². The van der Waals surface area contributed by atoms with Crippen molar-refractivity contribution < 1.29 is 4.79 Å². The highest BCUT2D eigenvalue weighted by Gasteiger charge is 2.20. The monoisotopic (exact) mass is 388 g/mol. The van der Waals surface area contributed by atoms with Crippen molar-refractivity contribution in [1.82, 2.24) is 9.88 Å². The summed E-state index contributed by atoms with van der Waals surface area (Å²) in [5, 5.41) is 4.53. The molecule has 1 aromatic heterocycles. The normalized spacial score (nSPS) is 19.4. The van der Waals surface area contributed by atoms with Crippen LogP contribution in [0.2, 0.25) is 0 Å². The average molecular weight is 389 g/mol. The largest absolute Gasteiger partial charge is 0.353 e. The molecule has 152 valence electrons. The maximum atomic E-state index is 12.5. The van der Waals surface area contributed by atoms with Crippen LogP contribution in [-0.4, -0.2) is 16.5 Å². The number of rotatable bonds is 6. The highest BCUT2D eigenvalue weighted by molar-refractivity contribution is 5.85. The summed E-state index contributed by atoms with van der Waals surface area (Å²) in [7, 11) is 0. The van der Waals surface area contributed by atoms with E-state index in [0.29, 0.717) is 12.5 Å². The van der Waals surface area contributed by atoms with Crippen molar-refractivity contribution in [2.24, 2.45) is 5.92 Å². The molecule has 2 aromatic carbocycles. The van der Waals surface area contributed by atoms with Gasteiger partial charge in [0.15, 0.2) is 0 Å². The molecule has 4 rings (SSSR count). The molecule has 0 atom stereocenters. The van der Waals surface area contributed by atoms with E-state index in [-0.39, 0.29) is 5.91 Å². The molecule has 0 radical (unpaired) electrons. The Kier molecular flexibility index (Phi) is 6.03. The number of para-hydroxylation sites is 1. The zero-order chi connectivity index (χ0) is 20.2. The summed E-state index contributed by atoms with van der Waals surface area (Å²) in [5.41, 5.74) is 5.16. The Bertz CT molecular complexity index is 979. The highest BCUT2D eigenvalue weighted by atomic mass is 16.1. The van der Waals surface area contributed by atoms with Gasteiger partial charge in [-0.25, -0.2) is 0 Å². The van der Waals surface area contributed by atoms with Gasteiger partial charge in [-0.2, -0.15) is 0 Å². The molecule has 3 nitrogen and oxygen atoms in total. The minimum atomic E-state index is 0.195. The van der Waals surface area contributed by atoms with Gasteiger partial charge in [-0.15, -0.1) is 0 Å². The highest BCUT2D eigenvalue weighted by Crippen LogP contribution is 2.25. The van der Waals surface area contributed by atoms with Gasteiger partial charge in [-0.3, -0.25) is 4.79 Å². The minimum Gasteiger partial charge on any atom is -0.353 e. The maximum Gasteiger partial charge on any atom is 0.220 e. The standard InChI is InChI=1S/C26H32N2O/c1-19-11-14-23(15-12-19)27-26(29)16-13-22-18-28(25-10-6-5-9-24(22)25)17-21-8-4-3-7-20(21)2/h3-10,18-19,23H,11-17H2,1-2H3,(H,27,29). The quantitative estimate of drug-likeness (QED) is 0.584. The number of hydrogen-bond donors (Lipinski definition) is 1. The van der Waals surface area contributed by atoms with Crippen molar-refractivity contribution in [3.8, 4) is 0 Å². The zero-order valence-corrected chi connectivity index (χ0v) is 17.7. The Morgan fingerprint density at radius 3 is 2.52 bits per heavy atom. The molecule has 0 unspecified atom stereocenters. The van der Waals surface area contributed by atoms with Crippen molar-refractivity contribution in [1.29, 1.82) is 0 Å². The number of aromatic nitrogens is 1. The second-order valence-corrected chi connectivity index (χ2v) is 8.75. The van der Waals surface area contributed by atoms with Gasteiger partial charge in [0.1, 0.15) is 0 Å². The number of nitrogens with zero attached hydrogens (tertiary/aromatic N) is 1. The van der Waals surface area contributed by atoms with Gasteiger partial charge in [0.05, 0.1) is 0 Å². The summed E-state index contributed by atoms with van der Waals surface area (Å²) in [5.74, 6) is 1.00. The Balaban J connectivity index is 1.45. The van der Waals surface area contributed by atoms with Crippen LogP contribution in [0.5, 0.6) is 0 Å². The van der Waals surface area contributed by atoms with Gasteiger partial charge in [-0.1, -0.05) is 49.4 Å². The zero-order valence-electron chi connectivity index (χ0n) is 17.7. The molecule has 1 amide bonds. The van der Waals surface area contributed by atoms with Crippen LogP contribution in [0.3, 0.4) is 0 Å². The first-order valence-electron chi connectivity index (χ1n) is 11.0. The number of carbonyl (C=O) groups is 1. The molecule has 1 saturated carbocycles. The lowest BCUT2D eigenvalue weighted by Gasteiger charge is -2.26. The molecule has 0 aliphatic heterocycles. The van der Waals surface area contributed by atoms with Crippen molar-refractivity contribution in [3.05, 3.63) is 71.4 Å². The third kappa shape index (κ3) is 4.72. The van der Waals surface area contributed by atoms with Crippen molar-refractivity contribution >= 4 is 16.8 Å². The fraction of sp³-hybridized carbons (Fsp3) is 0.423. The fourth-order valence-electron chi connectivity index (χ4n) is 4.58. The molecule has 3 heteroatoms. The predicted molar refractivity (Wildman–Crippen MR) is 120 cm³/mol. The number of fused-ring (bicyclic) bond motifs is 1. The summed E-state index contributed by atoms with van der Waals surface area (Å²) in [4.78, 5) is 12.5. The van der Waals surface area contributed by atoms with E-state index in [2.05, 4.69) is 78.5 Å². The van der Waals surface area contributed by atoms with E-state index in [4.69, 9.17) is 0 Å². The first-order valence-corrected chi connectivity index (χ1v) is 11.0. The minimum absolute atomic E-state index is 0.195. The number of hydrogen-bond acceptors (Lipinski definition) is 1. The lowest BCUT2D eigenvalue weighted by atomic mass is 9.87. The van der Waals surface area contributed by atoms with E-state index < -0.39 is 0 Å². The Morgan fingerprint density at radius 1 is 1.00 bits per heavy atom. The molecular weight excluding hydrogens is 356 g/mol. The van der Waals surface area contributed by atoms with Gasteiger partial charge in [0, 0.05) is 36.1 Å². The van der Waals surface area contributed by atoms with Crippen molar-refractivity contribution in [3.63, 3.8) is 0 Å². The molecule has 1 aliphatic rings. The van der Waals surface area contributed by atoms with Crippen molar-refractivity contribution in [2.45, 2.75) is 65.0 Å². The maximum absolute atomic E-state index is 12.5. The topological polar surface area (TPSA) is 34.0 Å². The van der Waals surface area contributed by atoms with Crippen LogP contribution in [0, 0.1) is 12.8 Å². The van der Waals surface area contributed by atoms with Gasteiger partial charge < -0.3 is 9.88 Å². The van der Waals surface area contributed by atoms with Gasteiger partial charge >= 0.3 is 0 Å². The van der Waals surface area contributed by atoms with Crippen LogP contribution in [-0.2, 0) is 17.8 Å². The Hall–Kier alpha value is -2.55. The summed E-state index contributed by atoms with van der Waals surface area (Å²) in [6.45, 7) is 5.34. The van der Waals surface area contributed by atoms with Crippen LogP contribution in [0.4, 0.5) is 0 Å². The SMILES string of the molecule is Cc1ccccc1Cn1cc(CCC(=O)NC2CCC(C)CC2)c2ccccc21. The molecular formula is C26H32N2O. The molecule has 1 N–H and O–H groups in total. The van der Waals surface area contributed by atoms with Crippen LogP contribution < -0.4 is 5.32 Å². The average Bonchev–Trinajstić information content (AvgIpc) is 3.08. The second-order valence-electron chi connectivity index (χ2n) is 8.75. The molecule has 1 heterocycles. The van der Waals surface area contributed by atoms with Gasteiger partial charge in [0.25, 0.3) is 0 Å². The van der Waals surface area contributed by atoms with E-state index in [9.17, 15) is 4.79 Å². The van der Waals surface area contributed by atoms with Crippen LogP contribution in [0.15, 0.2) is 54.7 Å². The predicted octanol–water partition coefficient (Wildman–Crippen LogP) is 5.63. The summed E-state index contributed by atoms with van der Waals surface area (Å²) in [6, 6.07) is 17.5. The molecule has 0 spiro atoms. The van der Waals surface area contributed by atoms with Crippen molar-refractivity contribution in [2.75, 3.05) is 0 Å².